The van der Waals surface area contributed by atoms with Crippen LogP contribution in [0.2, 0.25) is 0 Å². The summed E-state index contributed by atoms with van der Waals surface area (Å²) in [5, 5.41) is 8.74. The second-order valence-electron chi connectivity index (χ2n) is 15.9. The summed E-state index contributed by atoms with van der Waals surface area (Å²) in [6.07, 6.45) is 0. The first-order valence-corrected chi connectivity index (χ1v) is 20.2. The van der Waals surface area contributed by atoms with Crippen molar-refractivity contribution in [3.8, 4) is 55.8 Å². The van der Waals surface area contributed by atoms with Gasteiger partial charge in [0.25, 0.3) is 0 Å². The van der Waals surface area contributed by atoms with Crippen molar-refractivity contribution in [2.75, 3.05) is 0 Å². The summed E-state index contributed by atoms with van der Waals surface area (Å²) >= 11 is 0. The first-order valence-electron chi connectivity index (χ1n) is 20.2. The van der Waals surface area contributed by atoms with E-state index in [-0.39, 0.29) is 0 Å². The minimum Gasteiger partial charge on any atom is -0.456 e. The van der Waals surface area contributed by atoms with Crippen molar-refractivity contribution < 1.29 is 4.42 Å². The van der Waals surface area contributed by atoms with E-state index in [1.54, 1.807) is 0 Å². The van der Waals surface area contributed by atoms with Crippen LogP contribution < -0.4 is 0 Å². The van der Waals surface area contributed by atoms with E-state index < -0.39 is 5.41 Å². The molecule has 268 valence electrons. The molecule has 2 aliphatic carbocycles. The van der Waals surface area contributed by atoms with Crippen LogP contribution in [0.4, 0.5) is 0 Å². The van der Waals surface area contributed by atoms with E-state index >= 15 is 0 Å². The fourth-order valence-corrected chi connectivity index (χ4v) is 10.7. The molecule has 1 aromatic heterocycles. The number of rotatable bonds is 3. The maximum Gasteiger partial charge on any atom is 0.140 e. The Labute approximate surface area is 336 Å². The van der Waals surface area contributed by atoms with Gasteiger partial charge >= 0.3 is 0 Å². The van der Waals surface area contributed by atoms with Crippen molar-refractivity contribution >= 4 is 43.3 Å². The van der Waals surface area contributed by atoms with Crippen LogP contribution in [0.3, 0.4) is 0 Å². The number of fused-ring (bicyclic) bond motifs is 17. The first kappa shape index (κ1) is 31.7. The quantitative estimate of drug-likeness (QED) is 0.165. The second kappa shape index (κ2) is 11.8. The minimum atomic E-state index is -0.509. The zero-order valence-electron chi connectivity index (χ0n) is 31.5. The van der Waals surface area contributed by atoms with Crippen LogP contribution in [-0.4, -0.2) is 0 Å². The van der Waals surface area contributed by atoms with Gasteiger partial charge in [0.1, 0.15) is 11.3 Å². The van der Waals surface area contributed by atoms with Crippen LogP contribution in [0, 0.1) is 0 Å². The Morgan fingerprint density at radius 1 is 0.276 bits per heavy atom. The monoisotopic (exact) mass is 734 g/mol. The van der Waals surface area contributed by atoms with Crippen molar-refractivity contribution in [1.29, 1.82) is 0 Å². The highest BCUT2D eigenvalue weighted by atomic mass is 16.3. The summed E-state index contributed by atoms with van der Waals surface area (Å²) in [6.45, 7) is 0. The van der Waals surface area contributed by atoms with Gasteiger partial charge in [-0.05, 0) is 118 Å². The van der Waals surface area contributed by atoms with E-state index in [1.165, 1.54) is 110 Å². The molecule has 0 saturated carbocycles. The lowest BCUT2D eigenvalue weighted by Crippen LogP contribution is -2.25. The maximum absolute atomic E-state index is 6.78. The Kier molecular flexibility index (Phi) is 6.43. The highest BCUT2D eigenvalue weighted by molar-refractivity contribution is 6.24. The largest absolute Gasteiger partial charge is 0.456 e. The molecule has 2 aliphatic rings. The van der Waals surface area contributed by atoms with Gasteiger partial charge in [0.15, 0.2) is 0 Å². The highest BCUT2D eigenvalue weighted by Crippen LogP contribution is 2.65. The molecule has 0 bridgehead atoms. The molecule has 1 atom stereocenters. The molecule has 0 amide bonds. The van der Waals surface area contributed by atoms with E-state index in [2.05, 4.69) is 206 Å². The van der Waals surface area contributed by atoms with Crippen molar-refractivity contribution in [3.63, 3.8) is 0 Å². The third-order valence-corrected chi connectivity index (χ3v) is 13.1. The number of furan rings is 1. The minimum absolute atomic E-state index is 0.509. The highest BCUT2D eigenvalue weighted by Gasteiger charge is 2.54. The summed E-state index contributed by atoms with van der Waals surface area (Å²) in [4.78, 5) is 0. The van der Waals surface area contributed by atoms with Crippen LogP contribution in [0.15, 0.2) is 211 Å². The molecule has 0 fully saturated rings. The number of para-hydroxylation sites is 1. The van der Waals surface area contributed by atoms with Crippen molar-refractivity contribution in [2.45, 2.75) is 5.41 Å². The molecule has 0 aliphatic heterocycles. The molecular formula is C57H34O. The van der Waals surface area contributed by atoms with Gasteiger partial charge in [0, 0.05) is 16.5 Å². The molecule has 1 heteroatoms. The zero-order chi connectivity index (χ0) is 38.0. The Hall–Kier alpha value is -7.48. The molecule has 1 unspecified atom stereocenters. The third kappa shape index (κ3) is 4.15. The molecule has 1 heterocycles. The van der Waals surface area contributed by atoms with Gasteiger partial charge in [-0.3, -0.25) is 0 Å². The maximum atomic E-state index is 6.78. The summed E-state index contributed by atoms with van der Waals surface area (Å²) in [5.41, 5.74) is 16.7. The standard InChI is InChI=1S/C57H34O/c1-2-14-35(15-3-1)36-26-28-37(29-27-36)47-33-49-42-19-7-5-17-40(42)48(34-50(49)41-18-6-4-16-39(41)47)38-30-31-44-43-20-8-11-23-51(43)57(53(44)32-38)52-24-12-9-21-45(52)56-55(57)46-22-10-13-25-54(46)58-56/h1-34H. The normalized spacial score (nSPS) is 15.0. The van der Waals surface area contributed by atoms with Crippen LogP contribution >= 0.6 is 0 Å². The van der Waals surface area contributed by atoms with Gasteiger partial charge < -0.3 is 4.42 Å². The van der Waals surface area contributed by atoms with Gasteiger partial charge in [-0.2, -0.15) is 0 Å². The molecule has 1 spiro atoms. The van der Waals surface area contributed by atoms with E-state index in [0.29, 0.717) is 0 Å². The zero-order valence-corrected chi connectivity index (χ0v) is 31.5. The molecule has 0 radical (unpaired) electrons. The molecule has 10 aromatic carbocycles. The SMILES string of the molecule is c1ccc(-c2ccc(-c3cc4c5ccccc5c(-c5ccc6c(c5)C5(c7ccccc7-6)c6ccccc6-c6oc7ccccc7c65)cc4c4ccccc34)cc2)cc1. The summed E-state index contributed by atoms with van der Waals surface area (Å²) in [5.74, 6) is 0.984. The van der Waals surface area contributed by atoms with Crippen LogP contribution in [0.1, 0.15) is 22.3 Å². The van der Waals surface area contributed by atoms with Gasteiger partial charge in [0.05, 0.1) is 5.41 Å². The lowest BCUT2D eigenvalue weighted by Gasteiger charge is -2.30. The predicted octanol–water partition coefficient (Wildman–Crippen LogP) is 15.2. The summed E-state index contributed by atoms with van der Waals surface area (Å²) in [7, 11) is 0. The lowest BCUT2D eigenvalue weighted by molar-refractivity contribution is 0.628. The Bertz CT molecular complexity index is 3500. The molecule has 58 heavy (non-hydrogen) atoms. The molecule has 1 nitrogen and oxygen atoms in total. The third-order valence-electron chi connectivity index (χ3n) is 13.1. The van der Waals surface area contributed by atoms with Crippen molar-refractivity contribution in [3.05, 3.63) is 229 Å². The van der Waals surface area contributed by atoms with Gasteiger partial charge in [0.2, 0.25) is 0 Å². The smallest absolute Gasteiger partial charge is 0.140 e. The summed E-state index contributed by atoms with van der Waals surface area (Å²) < 4.78 is 6.78. The van der Waals surface area contributed by atoms with Gasteiger partial charge in [-0.1, -0.05) is 182 Å². The van der Waals surface area contributed by atoms with Crippen LogP contribution in [-0.2, 0) is 5.41 Å². The van der Waals surface area contributed by atoms with E-state index in [9.17, 15) is 0 Å². The Morgan fingerprint density at radius 3 is 1.47 bits per heavy atom. The summed E-state index contributed by atoms with van der Waals surface area (Å²) in [6, 6.07) is 76.2. The molecule has 0 saturated heterocycles. The fraction of sp³-hybridized carbons (Fsp3) is 0.0175. The first-order chi connectivity index (χ1) is 28.8. The predicted molar refractivity (Wildman–Crippen MR) is 241 cm³/mol. The van der Waals surface area contributed by atoms with E-state index in [1.807, 2.05) is 0 Å². The lowest BCUT2D eigenvalue weighted by atomic mass is 9.69. The van der Waals surface area contributed by atoms with Gasteiger partial charge in [-0.15, -0.1) is 0 Å². The Balaban J connectivity index is 1.07. The van der Waals surface area contributed by atoms with E-state index in [4.69, 9.17) is 4.42 Å². The second-order valence-corrected chi connectivity index (χ2v) is 15.9. The average molecular weight is 735 g/mol. The molecule has 0 N–H and O–H groups in total. The molecular weight excluding hydrogens is 701 g/mol. The molecule has 13 rings (SSSR count). The molecule has 11 aromatic rings. The van der Waals surface area contributed by atoms with Crippen molar-refractivity contribution in [2.24, 2.45) is 0 Å². The number of hydrogen-bond donors (Lipinski definition) is 0. The number of hydrogen-bond acceptors (Lipinski definition) is 1. The van der Waals surface area contributed by atoms with Crippen LogP contribution in [0.5, 0.6) is 0 Å². The average Bonchev–Trinajstić information content (AvgIpc) is 3.92. The van der Waals surface area contributed by atoms with Crippen molar-refractivity contribution in [1.82, 2.24) is 0 Å². The Morgan fingerprint density at radius 2 is 0.759 bits per heavy atom. The fourth-order valence-electron chi connectivity index (χ4n) is 10.7. The topological polar surface area (TPSA) is 13.1 Å². The van der Waals surface area contributed by atoms with Gasteiger partial charge in [-0.25, -0.2) is 0 Å². The van der Waals surface area contributed by atoms with E-state index in [0.717, 1.165) is 11.3 Å². The number of benzene rings is 10. The van der Waals surface area contributed by atoms with Crippen LogP contribution in [0.25, 0.3) is 99.1 Å².